The summed E-state index contributed by atoms with van der Waals surface area (Å²) >= 11 is 0. The van der Waals surface area contributed by atoms with Gasteiger partial charge < -0.3 is 10.1 Å². The van der Waals surface area contributed by atoms with Gasteiger partial charge in [-0.05, 0) is 53.2 Å². The van der Waals surface area contributed by atoms with Crippen LogP contribution in [0.4, 0.5) is 0 Å². The van der Waals surface area contributed by atoms with Crippen LogP contribution < -0.4 is 10.1 Å². The lowest BCUT2D eigenvalue weighted by Gasteiger charge is -2.07. The van der Waals surface area contributed by atoms with E-state index in [1.54, 1.807) is 7.11 Å². The summed E-state index contributed by atoms with van der Waals surface area (Å²) in [6, 6.07) is 14.7. The molecule has 0 atom stereocenters. The second kappa shape index (κ2) is 5.94. The van der Waals surface area contributed by atoms with Gasteiger partial charge in [-0.25, -0.2) is 0 Å². The van der Waals surface area contributed by atoms with Gasteiger partial charge in [-0.3, -0.25) is 4.98 Å². The molecule has 3 rings (SSSR count). The maximum absolute atomic E-state index is 5.26. The van der Waals surface area contributed by atoms with E-state index in [1.165, 1.54) is 21.9 Å². The predicted molar refractivity (Wildman–Crippen MR) is 86.5 cm³/mol. The van der Waals surface area contributed by atoms with E-state index in [0.717, 1.165) is 17.9 Å². The first-order valence-corrected chi connectivity index (χ1v) is 6.97. The zero-order chi connectivity index (χ0) is 14.7. The maximum Gasteiger partial charge on any atom is 0.119 e. The Morgan fingerprint density at radius 2 is 1.76 bits per heavy atom. The molecule has 106 valence electrons. The fourth-order valence-electron chi connectivity index (χ4n) is 2.48. The summed E-state index contributed by atoms with van der Waals surface area (Å²) in [7, 11) is 3.63. The number of hydrogen-bond donors (Lipinski definition) is 1. The van der Waals surface area contributed by atoms with Gasteiger partial charge in [-0.2, -0.15) is 0 Å². The summed E-state index contributed by atoms with van der Waals surface area (Å²) in [5.41, 5.74) is 3.50. The van der Waals surface area contributed by atoms with E-state index in [4.69, 9.17) is 4.74 Å². The second-order valence-electron chi connectivity index (χ2n) is 5.04. The largest absolute Gasteiger partial charge is 0.497 e. The minimum absolute atomic E-state index is 0.825. The zero-order valence-electron chi connectivity index (χ0n) is 12.3. The van der Waals surface area contributed by atoms with Gasteiger partial charge in [-0.1, -0.05) is 18.2 Å². The van der Waals surface area contributed by atoms with Gasteiger partial charge in [0.15, 0.2) is 0 Å². The van der Waals surface area contributed by atoms with Crippen LogP contribution in [0.1, 0.15) is 5.56 Å². The highest BCUT2D eigenvalue weighted by molar-refractivity contribution is 5.88. The number of ether oxygens (including phenoxy) is 1. The van der Waals surface area contributed by atoms with Gasteiger partial charge in [-0.15, -0.1) is 0 Å². The fourth-order valence-corrected chi connectivity index (χ4v) is 2.48. The number of aromatic nitrogens is 1. The molecule has 0 radical (unpaired) electrons. The Bertz CT molecular complexity index is 768. The van der Waals surface area contributed by atoms with Crippen molar-refractivity contribution in [1.82, 2.24) is 10.3 Å². The molecule has 0 aliphatic heterocycles. The molecule has 1 aromatic heterocycles. The van der Waals surface area contributed by atoms with E-state index in [-0.39, 0.29) is 0 Å². The molecular weight excluding hydrogens is 260 g/mol. The van der Waals surface area contributed by atoms with Crippen LogP contribution in [0.3, 0.4) is 0 Å². The van der Waals surface area contributed by atoms with Gasteiger partial charge in [0.1, 0.15) is 5.75 Å². The van der Waals surface area contributed by atoms with Crippen molar-refractivity contribution in [3.63, 3.8) is 0 Å². The van der Waals surface area contributed by atoms with Gasteiger partial charge >= 0.3 is 0 Å². The Hall–Kier alpha value is -2.39. The maximum atomic E-state index is 5.26. The van der Waals surface area contributed by atoms with E-state index < -0.39 is 0 Å². The van der Waals surface area contributed by atoms with Gasteiger partial charge in [0.05, 0.1) is 7.11 Å². The number of hydrogen-bond acceptors (Lipinski definition) is 3. The molecule has 0 aliphatic carbocycles. The third-order valence-electron chi connectivity index (χ3n) is 3.56. The molecule has 0 spiro atoms. The van der Waals surface area contributed by atoms with Gasteiger partial charge in [0.25, 0.3) is 0 Å². The molecule has 0 aliphatic rings. The van der Waals surface area contributed by atoms with Crippen molar-refractivity contribution in [3.05, 3.63) is 60.4 Å². The van der Waals surface area contributed by atoms with Crippen LogP contribution >= 0.6 is 0 Å². The summed E-state index contributed by atoms with van der Waals surface area (Å²) in [6.45, 7) is 0.825. The molecule has 0 saturated carbocycles. The second-order valence-corrected chi connectivity index (χ2v) is 5.04. The van der Waals surface area contributed by atoms with Crippen LogP contribution in [0.15, 0.2) is 54.9 Å². The molecule has 0 fully saturated rings. The van der Waals surface area contributed by atoms with Crippen molar-refractivity contribution in [2.45, 2.75) is 6.54 Å². The van der Waals surface area contributed by atoms with Gasteiger partial charge in [0, 0.05) is 24.5 Å². The minimum atomic E-state index is 0.825. The molecule has 3 nitrogen and oxygen atoms in total. The summed E-state index contributed by atoms with van der Waals surface area (Å²) in [4.78, 5) is 4.33. The number of benzene rings is 2. The molecule has 0 unspecified atom stereocenters. The van der Waals surface area contributed by atoms with E-state index in [9.17, 15) is 0 Å². The monoisotopic (exact) mass is 278 g/mol. The van der Waals surface area contributed by atoms with Crippen LogP contribution in [0.5, 0.6) is 5.75 Å². The van der Waals surface area contributed by atoms with Crippen molar-refractivity contribution in [2.75, 3.05) is 14.2 Å². The van der Waals surface area contributed by atoms with Crippen molar-refractivity contribution in [1.29, 1.82) is 0 Å². The Labute approximate surface area is 124 Å². The fraction of sp³-hybridized carbons (Fsp3) is 0.167. The lowest BCUT2D eigenvalue weighted by molar-refractivity contribution is 0.415. The average Bonchev–Trinajstić information content (AvgIpc) is 2.54. The molecule has 0 bridgehead atoms. The molecule has 0 amide bonds. The summed E-state index contributed by atoms with van der Waals surface area (Å²) in [6.07, 6.45) is 3.80. The highest BCUT2D eigenvalue weighted by Gasteiger charge is 2.03. The topological polar surface area (TPSA) is 34.2 Å². The number of methoxy groups -OCH3 is 1. The number of nitrogens with zero attached hydrogens (tertiary/aromatic N) is 1. The van der Waals surface area contributed by atoms with Gasteiger partial charge in [0.2, 0.25) is 0 Å². The first kappa shape index (κ1) is 13.6. The number of pyridine rings is 1. The standard InChI is InChI=1S/C18H18N2O/c1-19-10-13-7-17(12-20-11-13)15-3-4-16-9-18(21-2)6-5-14(16)8-15/h3-9,11-12,19H,10H2,1-2H3. The van der Waals surface area contributed by atoms with E-state index in [1.807, 2.05) is 25.5 Å². The number of rotatable bonds is 4. The van der Waals surface area contributed by atoms with Crippen molar-refractivity contribution in [2.24, 2.45) is 0 Å². The first-order chi connectivity index (χ1) is 10.3. The van der Waals surface area contributed by atoms with E-state index in [0.29, 0.717) is 0 Å². The molecule has 1 heterocycles. The van der Waals surface area contributed by atoms with Crippen LogP contribution in [0.25, 0.3) is 21.9 Å². The summed E-state index contributed by atoms with van der Waals surface area (Å²) < 4.78 is 5.26. The zero-order valence-corrected chi connectivity index (χ0v) is 12.3. The molecule has 0 saturated heterocycles. The first-order valence-electron chi connectivity index (χ1n) is 6.97. The Morgan fingerprint density at radius 3 is 2.57 bits per heavy atom. The highest BCUT2D eigenvalue weighted by atomic mass is 16.5. The predicted octanol–water partition coefficient (Wildman–Crippen LogP) is 3.63. The van der Waals surface area contributed by atoms with Crippen LogP contribution in [-0.2, 0) is 6.54 Å². The molecular formula is C18H18N2O. The molecule has 3 aromatic rings. The molecule has 2 aromatic carbocycles. The van der Waals surface area contributed by atoms with Crippen molar-refractivity contribution < 1.29 is 4.74 Å². The Morgan fingerprint density at radius 1 is 0.952 bits per heavy atom. The van der Waals surface area contributed by atoms with Crippen LogP contribution in [0, 0.1) is 0 Å². The highest BCUT2D eigenvalue weighted by Crippen LogP contribution is 2.27. The van der Waals surface area contributed by atoms with Crippen LogP contribution in [0.2, 0.25) is 0 Å². The van der Waals surface area contributed by atoms with Crippen molar-refractivity contribution >= 4 is 10.8 Å². The third-order valence-corrected chi connectivity index (χ3v) is 3.56. The van der Waals surface area contributed by atoms with E-state index >= 15 is 0 Å². The normalized spacial score (nSPS) is 10.8. The number of nitrogens with one attached hydrogen (secondary N) is 1. The van der Waals surface area contributed by atoms with E-state index in [2.05, 4.69) is 46.7 Å². The Kier molecular flexibility index (Phi) is 3.84. The molecule has 21 heavy (non-hydrogen) atoms. The smallest absolute Gasteiger partial charge is 0.119 e. The van der Waals surface area contributed by atoms with Crippen molar-refractivity contribution in [3.8, 4) is 16.9 Å². The third kappa shape index (κ3) is 2.88. The lowest BCUT2D eigenvalue weighted by Crippen LogP contribution is -2.05. The Balaban J connectivity index is 2.02. The average molecular weight is 278 g/mol. The molecule has 3 heteroatoms. The minimum Gasteiger partial charge on any atom is -0.497 e. The lowest BCUT2D eigenvalue weighted by atomic mass is 10.0. The summed E-state index contributed by atoms with van der Waals surface area (Å²) in [5, 5.41) is 5.53. The SMILES string of the molecule is CNCc1cncc(-c2ccc3cc(OC)ccc3c2)c1. The summed E-state index contributed by atoms with van der Waals surface area (Å²) in [5.74, 6) is 0.882. The molecule has 1 N–H and O–H groups in total. The van der Waals surface area contributed by atoms with Crippen LogP contribution in [-0.4, -0.2) is 19.1 Å². The quantitative estimate of drug-likeness (QED) is 0.791. The number of fused-ring (bicyclic) bond motifs is 1.